The number of carbonyl (C=O) groups excluding carboxylic acids is 2. The summed E-state index contributed by atoms with van der Waals surface area (Å²) >= 11 is 0. The fourth-order valence-corrected chi connectivity index (χ4v) is 3.28. The second kappa shape index (κ2) is 8.30. The lowest BCUT2D eigenvalue weighted by molar-refractivity contribution is -0.132. The molecule has 5 nitrogen and oxygen atoms in total. The van der Waals surface area contributed by atoms with Gasteiger partial charge in [-0.15, -0.1) is 0 Å². The molecule has 146 valence electrons. The number of aryl methyl sites for hydroxylation is 3. The Morgan fingerprint density at radius 2 is 1.82 bits per heavy atom. The predicted molar refractivity (Wildman–Crippen MR) is 111 cm³/mol. The lowest BCUT2D eigenvalue weighted by Gasteiger charge is -2.18. The number of fused-ring (bicyclic) bond motifs is 1. The Bertz CT molecular complexity index is 1000. The van der Waals surface area contributed by atoms with Gasteiger partial charge in [-0.05, 0) is 43.0 Å². The fourth-order valence-electron chi connectivity index (χ4n) is 3.28. The molecule has 1 heterocycles. The second-order valence-corrected chi connectivity index (χ2v) is 7.19. The van der Waals surface area contributed by atoms with Gasteiger partial charge in [0.2, 0.25) is 11.8 Å². The van der Waals surface area contributed by atoms with E-state index in [-0.39, 0.29) is 24.8 Å². The number of furan rings is 1. The number of rotatable bonds is 6. The predicted octanol–water partition coefficient (Wildman–Crippen LogP) is 4.25. The highest BCUT2D eigenvalue weighted by atomic mass is 16.3. The summed E-state index contributed by atoms with van der Waals surface area (Å²) in [4.78, 5) is 26.4. The molecule has 1 aromatic heterocycles. The zero-order valence-corrected chi connectivity index (χ0v) is 16.8. The third-order valence-corrected chi connectivity index (χ3v) is 5.02. The van der Waals surface area contributed by atoms with Crippen LogP contribution in [-0.4, -0.2) is 30.3 Å². The van der Waals surface area contributed by atoms with Crippen LogP contribution in [0.1, 0.15) is 29.2 Å². The molecule has 0 saturated carbocycles. The third kappa shape index (κ3) is 4.25. The van der Waals surface area contributed by atoms with Gasteiger partial charge in [-0.2, -0.15) is 0 Å². The van der Waals surface area contributed by atoms with Crippen molar-refractivity contribution in [3.8, 4) is 0 Å². The van der Waals surface area contributed by atoms with Crippen LogP contribution in [0.25, 0.3) is 11.0 Å². The van der Waals surface area contributed by atoms with Crippen molar-refractivity contribution in [2.75, 3.05) is 18.9 Å². The number of benzene rings is 2. The molecule has 3 rings (SSSR count). The molecule has 0 bridgehead atoms. The van der Waals surface area contributed by atoms with E-state index in [1.165, 1.54) is 10.5 Å². The Hall–Kier alpha value is -3.08. The summed E-state index contributed by atoms with van der Waals surface area (Å²) < 4.78 is 5.61. The SMILES string of the molecule is CCc1ccc2c(CC(=O)N(C)CC(=O)Nc3c(C)cccc3C)coc2c1. The van der Waals surface area contributed by atoms with E-state index >= 15 is 0 Å². The average molecular weight is 378 g/mol. The van der Waals surface area contributed by atoms with Gasteiger partial charge in [0.25, 0.3) is 0 Å². The number of nitrogens with zero attached hydrogens (tertiary/aromatic N) is 1. The minimum atomic E-state index is -0.210. The summed E-state index contributed by atoms with van der Waals surface area (Å²) in [5, 5.41) is 3.86. The molecule has 5 heteroatoms. The molecule has 0 aliphatic heterocycles. The molecule has 0 saturated heterocycles. The zero-order chi connectivity index (χ0) is 20.3. The first kappa shape index (κ1) is 19.7. The molecule has 0 fully saturated rings. The summed E-state index contributed by atoms with van der Waals surface area (Å²) in [6.07, 6.45) is 2.77. The van der Waals surface area contributed by atoms with Gasteiger partial charge in [0.1, 0.15) is 5.58 Å². The molecule has 0 spiro atoms. The molecule has 28 heavy (non-hydrogen) atoms. The molecule has 1 N–H and O–H groups in total. The molecular formula is C23H26N2O3. The smallest absolute Gasteiger partial charge is 0.243 e. The molecule has 3 aromatic rings. The quantitative estimate of drug-likeness (QED) is 0.697. The van der Waals surface area contributed by atoms with Crippen LogP contribution in [0.15, 0.2) is 47.1 Å². The van der Waals surface area contributed by atoms with Crippen LogP contribution in [0.5, 0.6) is 0 Å². The van der Waals surface area contributed by atoms with E-state index in [4.69, 9.17) is 4.42 Å². The number of hydrogen-bond donors (Lipinski definition) is 1. The third-order valence-electron chi connectivity index (χ3n) is 5.02. The molecule has 2 amide bonds. The summed E-state index contributed by atoms with van der Waals surface area (Å²) in [6.45, 7) is 5.99. The molecule has 2 aromatic carbocycles. The first-order chi connectivity index (χ1) is 13.4. The van der Waals surface area contributed by atoms with Gasteiger partial charge in [0.15, 0.2) is 0 Å². The Kier molecular flexibility index (Phi) is 5.83. The highest BCUT2D eigenvalue weighted by molar-refractivity contribution is 5.96. The second-order valence-electron chi connectivity index (χ2n) is 7.19. The molecule has 0 atom stereocenters. The van der Waals surface area contributed by atoms with Crippen LogP contribution in [-0.2, 0) is 22.4 Å². The van der Waals surface area contributed by atoms with Crippen molar-refractivity contribution in [1.82, 2.24) is 4.90 Å². The van der Waals surface area contributed by atoms with Gasteiger partial charge < -0.3 is 14.6 Å². The molecular weight excluding hydrogens is 352 g/mol. The number of anilines is 1. The summed E-state index contributed by atoms with van der Waals surface area (Å²) in [7, 11) is 1.64. The van der Waals surface area contributed by atoms with Crippen LogP contribution in [0, 0.1) is 13.8 Å². The Balaban J connectivity index is 1.64. The van der Waals surface area contributed by atoms with Gasteiger partial charge >= 0.3 is 0 Å². The van der Waals surface area contributed by atoms with Crippen molar-refractivity contribution in [2.24, 2.45) is 0 Å². The minimum absolute atomic E-state index is 0.00236. The van der Waals surface area contributed by atoms with E-state index in [0.717, 1.165) is 39.8 Å². The average Bonchev–Trinajstić information content (AvgIpc) is 3.06. The van der Waals surface area contributed by atoms with E-state index < -0.39 is 0 Å². The normalized spacial score (nSPS) is 10.9. The molecule has 0 aliphatic rings. The van der Waals surface area contributed by atoms with Crippen molar-refractivity contribution in [1.29, 1.82) is 0 Å². The minimum Gasteiger partial charge on any atom is -0.464 e. The lowest BCUT2D eigenvalue weighted by Crippen LogP contribution is -2.36. The largest absolute Gasteiger partial charge is 0.464 e. The Morgan fingerprint density at radius 3 is 2.50 bits per heavy atom. The van der Waals surface area contributed by atoms with E-state index in [1.54, 1.807) is 13.3 Å². The van der Waals surface area contributed by atoms with Gasteiger partial charge in [-0.25, -0.2) is 0 Å². The molecule has 0 aliphatic carbocycles. The van der Waals surface area contributed by atoms with E-state index in [9.17, 15) is 9.59 Å². The van der Waals surface area contributed by atoms with Crippen LogP contribution in [0.4, 0.5) is 5.69 Å². The number of amides is 2. The zero-order valence-electron chi connectivity index (χ0n) is 16.8. The van der Waals surface area contributed by atoms with Crippen LogP contribution >= 0.6 is 0 Å². The van der Waals surface area contributed by atoms with Crippen molar-refractivity contribution in [3.63, 3.8) is 0 Å². The fraction of sp³-hybridized carbons (Fsp3) is 0.304. The number of carbonyl (C=O) groups is 2. The Labute approximate surface area is 165 Å². The van der Waals surface area contributed by atoms with Gasteiger partial charge in [0, 0.05) is 23.7 Å². The van der Waals surface area contributed by atoms with Gasteiger partial charge in [-0.1, -0.05) is 37.3 Å². The number of para-hydroxylation sites is 1. The first-order valence-electron chi connectivity index (χ1n) is 9.48. The maximum absolute atomic E-state index is 12.6. The highest BCUT2D eigenvalue weighted by Gasteiger charge is 2.17. The van der Waals surface area contributed by atoms with Crippen LogP contribution in [0.2, 0.25) is 0 Å². The molecule has 0 unspecified atom stereocenters. The maximum atomic E-state index is 12.6. The monoisotopic (exact) mass is 378 g/mol. The van der Waals surface area contributed by atoms with E-state index in [0.29, 0.717) is 0 Å². The number of likely N-dealkylation sites (N-methyl/N-ethyl adjacent to an activating group) is 1. The van der Waals surface area contributed by atoms with Gasteiger partial charge in [-0.3, -0.25) is 9.59 Å². The highest BCUT2D eigenvalue weighted by Crippen LogP contribution is 2.24. The van der Waals surface area contributed by atoms with E-state index in [2.05, 4.69) is 12.2 Å². The summed E-state index contributed by atoms with van der Waals surface area (Å²) in [6, 6.07) is 11.9. The summed E-state index contributed by atoms with van der Waals surface area (Å²) in [5.41, 5.74) is 5.63. The van der Waals surface area contributed by atoms with Crippen molar-refractivity contribution in [2.45, 2.75) is 33.6 Å². The van der Waals surface area contributed by atoms with Crippen LogP contribution < -0.4 is 5.32 Å². The van der Waals surface area contributed by atoms with Crippen molar-refractivity contribution in [3.05, 3.63) is 64.9 Å². The maximum Gasteiger partial charge on any atom is 0.243 e. The van der Waals surface area contributed by atoms with E-state index in [1.807, 2.05) is 50.2 Å². The lowest BCUT2D eigenvalue weighted by atomic mass is 10.1. The number of hydrogen-bond acceptors (Lipinski definition) is 3. The van der Waals surface area contributed by atoms with Crippen molar-refractivity contribution < 1.29 is 14.0 Å². The molecule has 0 radical (unpaired) electrons. The van der Waals surface area contributed by atoms with Gasteiger partial charge in [0.05, 0.1) is 19.2 Å². The topological polar surface area (TPSA) is 62.6 Å². The standard InChI is InChI=1S/C23H26N2O3/c1-5-17-9-10-19-18(14-28-20(19)11-17)12-22(27)25(4)13-21(26)24-23-15(2)7-6-8-16(23)3/h6-11,14H,5,12-13H2,1-4H3,(H,24,26). The summed E-state index contributed by atoms with van der Waals surface area (Å²) in [5.74, 6) is -0.336. The first-order valence-corrected chi connectivity index (χ1v) is 9.48. The van der Waals surface area contributed by atoms with Crippen molar-refractivity contribution >= 4 is 28.5 Å². The number of nitrogens with one attached hydrogen (secondary N) is 1. The Morgan fingerprint density at radius 1 is 1.11 bits per heavy atom. The van der Waals surface area contributed by atoms with Crippen LogP contribution in [0.3, 0.4) is 0 Å².